The van der Waals surface area contributed by atoms with Gasteiger partial charge in [-0.2, -0.15) is 0 Å². The summed E-state index contributed by atoms with van der Waals surface area (Å²) in [5.74, 6) is 0. The van der Waals surface area contributed by atoms with E-state index in [2.05, 4.69) is 11.7 Å². The average molecular weight is 296 g/mol. The minimum Gasteiger partial charge on any atom is -0.292 e. The van der Waals surface area contributed by atoms with Crippen LogP contribution in [-0.2, 0) is 4.74 Å². The standard InChI is InChI=1S/C16H31F3O/c1-2-3-4-5-6-7-8-9-10-11-12-13-14-15-20-16(17,18)19/h2-15H2,1H3. The van der Waals surface area contributed by atoms with Crippen molar-refractivity contribution in [1.29, 1.82) is 0 Å². The molecule has 0 bridgehead atoms. The highest BCUT2D eigenvalue weighted by atomic mass is 19.4. The molecule has 0 atom stereocenters. The van der Waals surface area contributed by atoms with Crippen LogP contribution in [0.4, 0.5) is 13.2 Å². The Labute approximate surface area is 122 Å². The highest BCUT2D eigenvalue weighted by molar-refractivity contribution is 4.49. The molecule has 0 spiro atoms. The van der Waals surface area contributed by atoms with Crippen LogP contribution in [0, 0.1) is 0 Å². The second-order valence-corrected chi connectivity index (χ2v) is 5.54. The third kappa shape index (κ3) is 17.8. The van der Waals surface area contributed by atoms with Crippen LogP contribution in [0.1, 0.15) is 90.4 Å². The molecule has 20 heavy (non-hydrogen) atoms. The van der Waals surface area contributed by atoms with Crippen molar-refractivity contribution in [2.45, 2.75) is 96.8 Å². The first kappa shape index (κ1) is 19.8. The summed E-state index contributed by atoms with van der Waals surface area (Å²) in [7, 11) is 0. The third-order valence-electron chi connectivity index (χ3n) is 3.51. The molecular formula is C16H31F3O. The van der Waals surface area contributed by atoms with Crippen molar-refractivity contribution < 1.29 is 17.9 Å². The molecule has 0 aliphatic carbocycles. The summed E-state index contributed by atoms with van der Waals surface area (Å²) in [5, 5.41) is 0. The molecule has 0 aromatic heterocycles. The van der Waals surface area contributed by atoms with Gasteiger partial charge in [-0.25, -0.2) is 0 Å². The maximum atomic E-state index is 11.7. The highest BCUT2D eigenvalue weighted by Gasteiger charge is 2.28. The van der Waals surface area contributed by atoms with Gasteiger partial charge in [-0.3, -0.25) is 4.74 Å². The first-order chi connectivity index (χ1) is 9.56. The Morgan fingerprint density at radius 3 is 1.30 bits per heavy atom. The van der Waals surface area contributed by atoms with Gasteiger partial charge in [0.25, 0.3) is 0 Å². The summed E-state index contributed by atoms with van der Waals surface area (Å²) in [6, 6.07) is 0. The van der Waals surface area contributed by atoms with Crippen molar-refractivity contribution in [1.82, 2.24) is 0 Å². The van der Waals surface area contributed by atoms with Gasteiger partial charge in [0, 0.05) is 0 Å². The number of ether oxygens (including phenoxy) is 1. The molecule has 0 aromatic carbocycles. The van der Waals surface area contributed by atoms with E-state index in [4.69, 9.17) is 0 Å². The zero-order valence-corrected chi connectivity index (χ0v) is 12.9. The lowest BCUT2D eigenvalue weighted by molar-refractivity contribution is -0.324. The third-order valence-corrected chi connectivity index (χ3v) is 3.51. The molecule has 0 aromatic rings. The van der Waals surface area contributed by atoms with Gasteiger partial charge in [0.05, 0.1) is 6.61 Å². The zero-order valence-electron chi connectivity index (χ0n) is 12.9. The summed E-state index contributed by atoms with van der Waals surface area (Å²) in [6.07, 6.45) is 10.9. The van der Waals surface area contributed by atoms with Gasteiger partial charge in [-0.05, 0) is 6.42 Å². The van der Waals surface area contributed by atoms with E-state index in [0.717, 1.165) is 19.3 Å². The van der Waals surface area contributed by atoms with Crippen molar-refractivity contribution in [2.24, 2.45) is 0 Å². The van der Waals surface area contributed by atoms with Crippen molar-refractivity contribution in [3.8, 4) is 0 Å². The summed E-state index contributed by atoms with van der Waals surface area (Å²) < 4.78 is 38.8. The molecule has 0 heterocycles. The van der Waals surface area contributed by atoms with Crippen LogP contribution >= 0.6 is 0 Å². The Hall–Kier alpha value is -0.250. The molecule has 0 amide bonds. The molecule has 0 N–H and O–H groups in total. The van der Waals surface area contributed by atoms with Gasteiger partial charge in [0.2, 0.25) is 0 Å². The fourth-order valence-corrected chi connectivity index (χ4v) is 2.31. The number of hydrogen-bond acceptors (Lipinski definition) is 1. The second-order valence-electron chi connectivity index (χ2n) is 5.54. The quantitative estimate of drug-likeness (QED) is 0.327. The molecule has 0 aliphatic rings. The number of halogens is 3. The average Bonchev–Trinajstić information content (AvgIpc) is 2.38. The van der Waals surface area contributed by atoms with E-state index in [1.54, 1.807) is 0 Å². The summed E-state index contributed by atoms with van der Waals surface area (Å²) in [4.78, 5) is 0. The summed E-state index contributed by atoms with van der Waals surface area (Å²) >= 11 is 0. The second kappa shape index (κ2) is 13.7. The van der Waals surface area contributed by atoms with Gasteiger partial charge >= 0.3 is 6.36 Å². The Balaban J connectivity index is 2.99. The van der Waals surface area contributed by atoms with E-state index in [1.165, 1.54) is 57.8 Å². The maximum Gasteiger partial charge on any atom is 0.522 e. The van der Waals surface area contributed by atoms with Crippen LogP contribution in [-0.4, -0.2) is 13.0 Å². The van der Waals surface area contributed by atoms with E-state index < -0.39 is 6.36 Å². The van der Waals surface area contributed by atoms with Crippen LogP contribution in [0.5, 0.6) is 0 Å². The Morgan fingerprint density at radius 1 is 0.600 bits per heavy atom. The van der Waals surface area contributed by atoms with Gasteiger partial charge in [0.15, 0.2) is 0 Å². The molecule has 4 heteroatoms. The zero-order chi connectivity index (χ0) is 15.1. The highest BCUT2D eigenvalue weighted by Crippen LogP contribution is 2.17. The molecule has 1 nitrogen and oxygen atoms in total. The largest absolute Gasteiger partial charge is 0.522 e. The Kier molecular flexibility index (Phi) is 13.5. The van der Waals surface area contributed by atoms with E-state index in [9.17, 15) is 13.2 Å². The molecule has 0 radical (unpaired) electrons. The Bertz CT molecular complexity index is 193. The maximum absolute atomic E-state index is 11.7. The fourth-order valence-electron chi connectivity index (χ4n) is 2.31. The number of rotatable bonds is 14. The van der Waals surface area contributed by atoms with E-state index in [0.29, 0.717) is 6.42 Å². The molecule has 0 rings (SSSR count). The molecule has 0 saturated heterocycles. The predicted octanol–water partition coefficient (Wildman–Crippen LogP) is 6.61. The summed E-state index contributed by atoms with van der Waals surface area (Å²) in [5.41, 5.74) is 0. The molecular weight excluding hydrogens is 265 g/mol. The first-order valence-electron chi connectivity index (χ1n) is 8.27. The molecule has 0 saturated carbocycles. The van der Waals surface area contributed by atoms with Gasteiger partial charge in [0.1, 0.15) is 0 Å². The van der Waals surface area contributed by atoms with E-state index >= 15 is 0 Å². The normalized spacial score (nSPS) is 12.0. The Morgan fingerprint density at radius 2 is 0.950 bits per heavy atom. The number of unbranched alkanes of at least 4 members (excludes halogenated alkanes) is 12. The molecule has 0 fully saturated rings. The topological polar surface area (TPSA) is 9.23 Å². The van der Waals surface area contributed by atoms with Crippen molar-refractivity contribution in [2.75, 3.05) is 6.61 Å². The van der Waals surface area contributed by atoms with Gasteiger partial charge < -0.3 is 0 Å². The van der Waals surface area contributed by atoms with Gasteiger partial charge in [-0.15, -0.1) is 13.2 Å². The van der Waals surface area contributed by atoms with Crippen LogP contribution in [0.25, 0.3) is 0 Å². The molecule has 0 aliphatic heterocycles. The molecule has 122 valence electrons. The van der Waals surface area contributed by atoms with Gasteiger partial charge in [-0.1, -0.05) is 84.0 Å². The fraction of sp³-hybridized carbons (Fsp3) is 1.00. The number of hydrogen-bond donors (Lipinski definition) is 0. The lowest BCUT2D eigenvalue weighted by atomic mass is 10.0. The smallest absolute Gasteiger partial charge is 0.292 e. The summed E-state index contributed by atoms with van der Waals surface area (Å²) in [6.45, 7) is 2.04. The van der Waals surface area contributed by atoms with Crippen LogP contribution in [0.3, 0.4) is 0 Å². The number of alkyl halides is 3. The SMILES string of the molecule is CCCCCCCCCCCCCCCOC(F)(F)F. The monoisotopic (exact) mass is 296 g/mol. The van der Waals surface area contributed by atoms with E-state index in [-0.39, 0.29) is 6.61 Å². The molecule has 0 unspecified atom stereocenters. The van der Waals surface area contributed by atoms with Crippen molar-refractivity contribution >= 4 is 0 Å². The first-order valence-corrected chi connectivity index (χ1v) is 8.27. The van der Waals surface area contributed by atoms with Crippen molar-refractivity contribution in [3.63, 3.8) is 0 Å². The predicted molar refractivity (Wildman–Crippen MR) is 77.7 cm³/mol. The minimum absolute atomic E-state index is 0.193. The lowest BCUT2D eigenvalue weighted by Gasteiger charge is -2.06. The van der Waals surface area contributed by atoms with Crippen LogP contribution < -0.4 is 0 Å². The van der Waals surface area contributed by atoms with Crippen LogP contribution in [0.2, 0.25) is 0 Å². The minimum atomic E-state index is -4.46. The van der Waals surface area contributed by atoms with Crippen molar-refractivity contribution in [3.05, 3.63) is 0 Å². The van der Waals surface area contributed by atoms with Crippen LogP contribution in [0.15, 0.2) is 0 Å². The van der Waals surface area contributed by atoms with E-state index in [1.807, 2.05) is 0 Å². The lowest BCUT2D eigenvalue weighted by Crippen LogP contribution is -2.13.